The van der Waals surface area contributed by atoms with E-state index >= 15 is 0 Å². The number of nitrogens with two attached hydrogens (primary N) is 2. The molecule has 0 aliphatic rings. The molecule has 1 aromatic carbocycles. The zero-order valence-electron chi connectivity index (χ0n) is 13.1. The van der Waals surface area contributed by atoms with Crippen LogP contribution in [-0.4, -0.2) is 19.9 Å². The first-order chi connectivity index (χ1) is 11.7. The van der Waals surface area contributed by atoms with Crippen LogP contribution in [0.4, 0.5) is 30.6 Å². The average Bonchev–Trinajstić information content (AvgIpc) is 2.53. The van der Waals surface area contributed by atoms with Crippen LogP contribution in [0, 0.1) is 6.92 Å². The van der Waals surface area contributed by atoms with Gasteiger partial charge < -0.3 is 16.8 Å². The molecule has 0 saturated carbocycles. The van der Waals surface area contributed by atoms with Crippen molar-refractivity contribution in [3.05, 3.63) is 41.2 Å². The largest absolute Gasteiger partial charge is 0.416 e. The van der Waals surface area contributed by atoms with Crippen molar-refractivity contribution in [2.45, 2.75) is 19.6 Å². The fourth-order valence-corrected chi connectivity index (χ4v) is 2.24. The highest BCUT2D eigenvalue weighted by molar-refractivity contribution is 5.81. The maximum absolute atomic E-state index is 12.8. The first-order valence-electron chi connectivity index (χ1n) is 7.20. The molecule has 3 rings (SSSR count). The van der Waals surface area contributed by atoms with Crippen molar-refractivity contribution in [3.63, 3.8) is 0 Å². The van der Waals surface area contributed by atoms with Gasteiger partial charge in [-0.15, -0.1) is 0 Å². The summed E-state index contributed by atoms with van der Waals surface area (Å²) in [6, 6.07) is 3.51. The topological polar surface area (TPSA) is 116 Å². The number of halogens is 3. The molecule has 0 radical (unpaired) electrons. The summed E-state index contributed by atoms with van der Waals surface area (Å²) in [7, 11) is 0. The Kier molecular flexibility index (Phi) is 4.03. The van der Waals surface area contributed by atoms with E-state index in [4.69, 9.17) is 11.5 Å². The molecule has 2 heterocycles. The number of benzene rings is 1. The van der Waals surface area contributed by atoms with Crippen molar-refractivity contribution in [3.8, 4) is 0 Å². The van der Waals surface area contributed by atoms with E-state index in [1.807, 2.05) is 0 Å². The Hall–Kier alpha value is -3.17. The Morgan fingerprint density at radius 3 is 2.60 bits per heavy atom. The second-order valence-corrected chi connectivity index (χ2v) is 5.38. The molecule has 3 aromatic rings. The molecule has 7 nitrogen and oxygen atoms in total. The van der Waals surface area contributed by atoms with Crippen molar-refractivity contribution in [1.29, 1.82) is 0 Å². The summed E-state index contributed by atoms with van der Waals surface area (Å²) in [5.41, 5.74) is 12.6. The molecule has 0 amide bonds. The molecule has 0 aliphatic carbocycles. The third-order valence-corrected chi connectivity index (χ3v) is 3.53. The van der Waals surface area contributed by atoms with Crippen LogP contribution in [0.15, 0.2) is 24.4 Å². The quantitative estimate of drug-likeness (QED) is 0.665. The molecule has 0 bridgehead atoms. The predicted molar refractivity (Wildman–Crippen MR) is 87.5 cm³/mol. The van der Waals surface area contributed by atoms with E-state index in [1.165, 1.54) is 12.3 Å². The lowest BCUT2D eigenvalue weighted by Gasteiger charge is -2.13. The minimum atomic E-state index is -4.40. The number of fused-ring (bicyclic) bond motifs is 1. The van der Waals surface area contributed by atoms with E-state index in [0.29, 0.717) is 16.9 Å². The number of alkyl halides is 3. The number of nitrogens with zero attached hydrogens (tertiary/aromatic N) is 4. The summed E-state index contributed by atoms with van der Waals surface area (Å²) in [5, 5.41) is 2.93. The minimum Gasteiger partial charge on any atom is -0.382 e. The van der Waals surface area contributed by atoms with Crippen LogP contribution < -0.4 is 16.8 Å². The van der Waals surface area contributed by atoms with Gasteiger partial charge in [0.2, 0.25) is 5.95 Å². The first kappa shape index (κ1) is 16.7. The Labute approximate surface area is 140 Å². The van der Waals surface area contributed by atoms with Crippen LogP contribution in [0.3, 0.4) is 0 Å². The van der Waals surface area contributed by atoms with Crippen LogP contribution in [0.2, 0.25) is 0 Å². The molecule has 25 heavy (non-hydrogen) atoms. The smallest absolute Gasteiger partial charge is 0.382 e. The number of rotatable bonds is 3. The van der Waals surface area contributed by atoms with E-state index in [0.717, 1.165) is 12.1 Å². The van der Waals surface area contributed by atoms with Crippen LogP contribution >= 0.6 is 0 Å². The first-order valence-corrected chi connectivity index (χ1v) is 7.20. The van der Waals surface area contributed by atoms with Gasteiger partial charge in [-0.2, -0.15) is 23.1 Å². The van der Waals surface area contributed by atoms with Crippen molar-refractivity contribution in [2.24, 2.45) is 0 Å². The molecular formula is C15H14F3N7. The summed E-state index contributed by atoms with van der Waals surface area (Å²) in [6.07, 6.45) is -2.96. The Balaban J connectivity index is 1.86. The molecule has 0 spiro atoms. The second-order valence-electron chi connectivity index (χ2n) is 5.38. The lowest BCUT2D eigenvalue weighted by molar-refractivity contribution is -0.137. The lowest BCUT2D eigenvalue weighted by atomic mass is 10.1. The standard InChI is InChI=1S/C15H14F3N7/c1-7-2-3-8(15(16,17)18)4-10(7)21-5-9-6-22-13-11(23-9)12(19)24-14(20)25-13/h2-4,6,21H,5H2,1H3,(H4,19,20,22,24,25). The minimum absolute atomic E-state index is 0.00948. The molecule has 0 atom stereocenters. The van der Waals surface area contributed by atoms with E-state index < -0.39 is 11.7 Å². The van der Waals surface area contributed by atoms with Gasteiger partial charge in [-0.25, -0.2) is 9.97 Å². The Bertz CT molecular complexity index is 940. The van der Waals surface area contributed by atoms with Gasteiger partial charge in [0.05, 0.1) is 24.0 Å². The zero-order chi connectivity index (χ0) is 18.2. The zero-order valence-corrected chi connectivity index (χ0v) is 13.1. The van der Waals surface area contributed by atoms with Crippen molar-refractivity contribution in [1.82, 2.24) is 19.9 Å². The van der Waals surface area contributed by atoms with Crippen molar-refractivity contribution >= 4 is 28.6 Å². The van der Waals surface area contributed by atoms with E-state index in [1.54, 1.807) is 6.92 Å². The number of hydrogen-bond acceptors (Lipinski definition) is 7. The summed E-state index contributed by atoms with van der Waals surface area (Å²) in [6.45, 7) is 1.87. The Morgan fingerprint density at radius 2 is 1.88 bits per heavy atom. The van der Waals surface area contributed by atoms with Gasteiger partial charge in [0.15, 0.2) is 17.0 Å². The van der Waals surface area contributed by atoms with Crippen LogP contribution in [0.25, 0.3) is 11.2 Å². The SMILES string of the molecule is Cc1ccc(C(F)(F)F)cc1NCc1cnc2nc(N)nc(N)c2n1. The van der Waals surface area contributed by atoms with Crippen molar-refractivity contribution in [2.75, 3.05) is 16.8 Å². The van der Waals surface area contributed by atoms with Gasteiger partial charge in [-0.05, 0) is 24.6 Å². The summed E-state index contributed by atoms with van der Waals surface area (Å²) < 4.78 is 38.5. The van der Waals surface area contributed by atoms with Crippen molar-refractivity contribution < 1.29 is 13.2 Å². The van der Waals surface area contributed by atoms with Gasteiger partial charge in [0.1, 0.15) is 0 Å². The molecule has 10 heteroatoms. The number of aryl methyl sites for hydroxylation is 1. The molecule has 0 aliphatic heterocycles. The van der Waals surface area contributed by atoms with Gasteiger partial charge in [0.25, 0.3) is 0 Å². The summed E-state index contributed by atoms with van der Waals surface area (Å²) in [5.74, 6) is 0.0804. The van der Waals surface area contributed by atoms with Crippen LogP contribution in [0.1, 0.15) is 16.8 Å². The van der Waals surface area contributed by atoms with Gasteiger partial charge in [-0.1, -0.05) is 6.07 Å². The molecule has 0 saturated heterocycles. The average molecular weight is 349 g/mol. The number of nitrogen functional groups attached to an aromatic ring is 2. The Morgan fingerprint density at radius 1 is 1.12 bits per heavy atom. The normalized spacial score (nSPS) is 11.7. The highest BCUT2D eigenvalue weighted by Gasteiger charge is 2.30. The fraction of sp³-hybridized carbons (Fsp3) is 0.200. The maximum atomic E-state index is 12.8. The van der Waals surface area contributed by atoms with Gasteiger partial charge in [0, 0.05) is 5.69 Å². The fourth-order valence-electron chi connectivity index (χ4n) is 2.24. The predicted octanol–water partition coefficient (Wildman–Crippen LogP) is 2.52. The molecule has 0 unspecified atom stereocenters. The van der Waals surface area contributed by atoms with E-state index in [-0.39, 0.29) is 29.5 Å². The lowest BCUT2D eigenvalue weighted by Crippen LogP contribution is -2.09. The molecule has 5 N–H and O–H groups in total. The van der Waals surface area contributed by atoms with Gasteiger partial charge in [-0.3, -0.25) is 0 Å². The molecule has 0 fully saturated rings. The highest BCUT2D eigenvalue weighted by atomic mass is 19.4. The maximum Gasteiger partial charge on any atom is 0.416 e. The number of anilines is 3. The molecule has 130 valence electrons. The van der Waals surface area contributed by atoms with E-state index in [9.17, 15) is 13.2 Å². The van der Waals surface area contributed by atoms with Gasteiger partial charge >= 0.3 is 6.18 Å². The number of aromatic nitrogens is 4. The number of hydrogen-bond donors (Lipinski definition) is 3. The highest BCUT2D eigenvalue weighted by Crippen LogP contribution is 2.32. The van der Waals surface area contributed by atoms with E-state index in [2.05, 4.69) is 25.3 Å². The van der Waals surface area contributed by atoms with Crippen LogP contribution in [-0.2, 0) is 12.7 Å². The molecule has 2 aromatic heterocycles. The molecular weight excluding hydrogens is 335 g/mol. The summed E-state index contributed by atoms with van der Waals surface area (Å²) in [4.78, 5) is 16.1. The third-order valence-electron chi connectivity index (χ3n) is 3.53. The summed E-state index contributed by atoms with van der Waals surface area (Å²) >= 11 is 0. The number of nitrogens with one attached hydrogen (secondary N) is 1. The second kappa shape index (κ2) is 6.04. The third kappa shape index (κ3) is 3.52. The monoisotopic (exact) mass is 349 g/mol. The van der Waals surface area contributed by atoms with Crippen LogP contribution in [0.5, 0.6) is 0 Å².